The summed E-state index contributed by atoms with van der Waals surface area (Å²) < 4.78 is 1.79. The van der Waals surface area contributed by atoms with Crippen molar-refractivity contribution in [2.45, 2.75) is 25.8 Å². The Bertz CT molecular complexity index is 952. The molecule has 0 aromatic carbocycles. The van der Waals surface area contributed by atoms with Crippen molar-refractivity contribution < 1.29 is 4.79 Å². The number of nitrogens with zero attached hydrogens (tertiary/aromatic N) is 5. The third kappa shape index (κ3) is 3.05. The lowest BCUT2D eigenvalue weighted by molar-refractivity contribution is -0.129. The summed E-state index contributed by atoms with van der Waals surface area (Å²) in [5.41, 5.74) is 8.35. The molecule has 1 fully saturated rings. The summed E-state index contributed by atoms with van der Waals surface area (Å²) in [5.74, 6) is 1.27. The van der Waals surface area contributed by atoms with Gasteiger partial charge in [-0.3, -0.25) is 4.79 Å². The van der Waals surface area contributed by atoms with E-state index in [2.05, 4.69) is 20.4 Å². The van der Waals surface area contributed by atoms with E-state index in [1.165, 1.54) is 0 Å². The Morgan fingerprint density at radius 2 is 2.23 bits per heavy atom. The number of nitrogens with one attached hydrogen (secondary N) is 1. The molecule has 134 valence electrons. The summed E-state index contributed by atoms with van der Waals surface area (Å²) >= 11 is 0. The van der Waals surface area contributed by atoms with Crippen molar-refractivity contribution in [1.29, 1.82) is 0 Å². The predicted octanol–water partition coefficient (Wildman–Crippen LogP) is 1.80. The summed E-state index contributed by atoms with van der Waals surface area (Å²) in [4.78, 5) is 22.5. The van der Waals surface area contributed by atoms with Gasteiger partial charge < -0.3 is 16.0 Å². The van der Waals surface area contributed by atoms with Crippen molar-refractivity contribution in [3.63, 3.8) is 0 Å². The van der Waals surface area contributed by atoms with Crippen LogP contribution in [0.15, 0.2) is 36.8 Å². The van der Waals surface area contributed by atoms with Crippen LogP contribution in [0.3, 0.4) is 0 Å². The molecule has 0 aliphatic carbocycles. The normalized spacial score (nSPS) is 17.4. The van der Waals surface area contributed by atoms with E-state index in [4.69, 9.17) is 5.73 Å². The third-order valence-electron chi connectivity index (χ3n) is 4.69. The first-order valence-corrected chi connectivity index (χ1v) is 8.69. The molecule has 8 nitrogen and oxygen atoms in total. The maximum absolute atomic E-state index is 11.6. The molecular weight excluding hydrogens is 330 g/mol. The van der Waals surface area contributed by atoms with E-state index in [-0.39, 0.29) is 11.9 Å². The standard InChI is InChI=1S/C18H21N7O/c1-12(26)24-7-4-5-13(11-24)22-18-15(19)10-20-17(23-18)14-9-21-25-8-3-2-6-16(14)25/h2-3,6,8-10,13H,4-5,7,11,19H2,1H3,(H,20,22,23)/t13-/m0/s1. The number of amides is 1. The first-order chi connectivity index (χ1) is 12.6. The highest BCUT2D eigenvalue weighted by Crippen LogP contribution is 2.25. The number of pyridine rings is 1. The van der Waals surface area contributed by atoms with Crippen LogP contribution < -0.4 is 11.1 Å². The molecule has 1 saturated heterocycles. The highest BCUT2D eigenvalue weighted by atomic mass is 16.2. The van der Waals surface area contributed by atoms with Crippen LogP contribution in [0.2, 0.25) is 0 Å². The van der Waals surface area contributed by atoms with Gasteiger partial charge in [-0.1, -0.05) is 6.07 Å². The number of aromatic nitrogens is 4. The first-order valence-electron chi connectivity index (χ1n) is 8.69. The van der Waals surface area contributed by atoms with E-state index in [0.29, 0.717) is 23.9 Å². The van der Waals surface area contributed by atoms with Crippen LogP contribution in [0.25, 0.3) is 16.9 Å². The van der Waals surface area contributed by atoms with Crippen molar-refractivity contribution in [3.8, 4) is 11.4 Å². The number of nitrogen functional groups attached to an aromatic ring is 1. The number of likely N-dealkylation sites (tertiary alicyclic amines) is 1. The molecule has 1 aliphatic rings. The van der Waals surface area contributed by atoms with Gasteiger partial charge >= 0.3 is 0 Å². The number of anilines is 2. The van der Waals surface area contributed by atoms with Gasteiger partial charge in [-0.25, -0.2) is 14.5 Å². The van der Waals surface area contributed by atoms with E-state index in [1.54, 1.807) is 23.8 Å². The lowest BCUT2D eigenvalue weighted by atomic mass is 10.1. The van der Waals surface area contributed by atoms with Crippen LogP contribution >= 0.6 is 0 Å². The van der Waals surface area contributed by atoms with Gasteiger partial charge in [0.25, 0.3) is 0 Å². The van der Waals surface area contributed by atoms with Crippen LogP contribution in [0.1, 0.15) is 19.8 Å². The molecule has 3 aromatic heterocycles. The SMILES string of the molecule is CC(=O)N1CCC[C@H](Nc2nc(-c3cnn4ccccc34)ncc2N)C1. The average Bonchev–Trinajstić information content (AvgIpc) is 3.08. The minimum absolute atomic E-state index is 0.0965. The second-order valence-corrected chi connectivity index (χ2v) is 6.53. The van der Waals surface area contributed by atoms with Crippen LogP contribution in [-0.4, -0.2) is 49.5 Å². The molecule has 1 atom stereocenters. The van der Waals surface area contributed by atoms with Crippen LogP contribution in [0.5, 0.6) is 0 Å². The van der Waals surface area contributed by atoms with Crippen molar-refractivity contribution in [2.75, 3.05) is 24.1 Å². The fraction of sp³-hybridized carbons (Fsp3) is 0.333. The molecule has 8 heteroatoms. The highest BCUT2D eigenvalue weighted by Gasteiger charge is 2.22. The fourth-order valence-corrected chi connectivity index (χ4v) is 3.32. The number of nitrogens with two attached hydrogens (primary N) is 1. The Labute approximate surface area is 151 Å². The molecular formula is C18H21N7O. The third-order valence-corrected chi connectivity index (χ3v) is 4.69. The Kier molecular flexibility index (Phi) is 4.16. The van der Waals surface area contributed by atoms with Crippen molar-refractivity contribution in [2.24, 2.45) is 0 Å². The fourth-order valence-electron chi connectivity index (χ4n) is 3.32. The van der Waals surface area contributed by atoms with Gasteiger partial charge in [-0.05, 0) is 25.0 Å². The number of hydrogen-bond acceptors (Lipinski definition) is 6. The molecule has 0 saturated carbocycles. The van der Waals surface area contributed by atoms with E-state index in [9.17, 15) is 4.79 Å². The lowest BCUT2D eigenvalue weighted by Crippen LogP contribution is -2.44. The monoisotopic (exact) mass is 351 g/mol. The summed E-state index contributed by atoms with van der Waals surface area (Å²) in [5, 5.41) is 7.72. The zero-order valence-electron chi connectivity index (χ0n) is 14.6. The molecule has 0 bridgehead atoms. The lowest BCUT2D eigenvalue weighted by Gasteiger charge is -2.33. The summed E-state index contributed by atoms with van der Waals surface area (Å²) in [6.07, 6.45) is 7.18. The quantitative estimate of drug-likeness (QED) is 0.746. The zero-order valence-corrected chi connectivity index (χ0v) is 14.6. The second-order valence-electron chi connectivity index (χ2n) is 6.53. The molecule has 0 radical (unpaired) electrons. The summed E-state index contributed by atoms with van der Waals surface area (Å²) in [6.45, 7) is 3.07. The predicted molar refractivity (Wildman–Crippen MR) is 99.5 cm³/mol. The maximum atomic E-state index is 11.6. The molecule has 1 amide bonds. The van der Waals surface area contributed by atoms with Crippen molar-refractivity contribution in [1.82, 2.24) is 24.5 Å². The van der Waals surface area contributed by atoms with Gasteiger partial charge in [-0.15, -0.1) is 0 Å². The van der Waals surface area contributed by atoms with Gasteiger partial charge in [0.15, 0.2) is 11.6 Å². The smallest absolute Gasteiger partial charge is 0.219 e. The van der Waals surface area contributed by atoms with Gasteiger partial charge in [0, 0.05) is 32.3 Å². The molecule has 0 spiro atoms. The zero-order chi connectivity index (χ0) is 18.1. The number of hydrogen-bond donors (Lipinski definition) is 2. The van der Waals surface area contributed by atoms with E-state index in [1.807, 2.05) is 29.3 Å². The topological polar surface area (TPSA) is 101 Å². The first kappa shape index (κ1) is 16.3. The van der Waals surface area contributed by atoms with Gasteiger partial charge in [0.1, 0.15) is 0 Å². The highest BCUT2D eigenvalue weighted by molar-refractivity contribution is 5.77. The maximum Gasteiger partial charge on any atom is 0.219 e. The second kappa shape index (κ2) is 6.62. The summed E-state index contributed by atoms with van der Waals surface area (Å²) in [7, 11) is 0. The molecule has 4 rings (SSSR count). The van der Waals surface area contributed by atoms with Gasteiger partial charge in [0.2, 0.25) is 5.91 Å². The molecule has 4 heterocycles. The van der Waals surface area contributed by atoms with Gasteiger partial charge in [-0.2, -0.15) is 5.10 Å². The molecule has 26 heavy (non-hydrogen) atoms. The van der Waals surface area contributed by atoms with Crippen LogP contribution in [0.4, 0.5) is 11.5 Å². The van der Waals surface area contributed by atoms with Crippen molar-refractivity contribution in [3.05, 3.63) is 36.8 Å². The Morgan fingerprint density at radius 3 is 3.08 bits per heavy atom. The molecule has 1 aliphatic heterocycles. The number of fused-ring (bicyclic) bond motifs is 1. The van der Waals surface area contributed by atoms with E-state index >= 15 is 0 Å². The minimum atomic E-state index is 0.0965. The number of rotatable bonds is 3. The Balaban J connectivity index is 1.61. The average molecular weight is 351 g/mol. The molecule has 3 aromatic rings. The van der Waals surface area contributed by atoms with Crippen molar-refractivity contribution >= 4 is 22.9 Å². The number of carbonyl (C=O) groups excluding carboxylic acids is 1. The summed E-state index contributed by atoms with van der Waals surface area (Å²) in [6, 6.07) is 5.97. The Hall–Kier alpha value is -3.16. The number of piperidine rings is 1. The minimum Gasteiger partial charge on any atom is -0.394 e. The van der Waals surface area contributed by atoms with E-state index in [0.717, 1.165) is 30.5 Å². The van der Waals surface area contributed by atoms with Crippen LogP contribution in [-0.2, 0) is 4.79 Å². The largest absolute Gasteiger partial charge is 0.394 e. The molecule has 0 unspecified atom stereocenters. The molecule has 3 N–H and O–H groups in total. The number of carbonyl (C=O) groups is 1. The van der Waals surface area contributed by atoms with E-state index < -0.39 is 0 Å². The van der Waals surface area contributed by atoms with Crippen LogP contribution in [0, 0.1) is 0 Å². The van der Waals surface area contributed by atoms with Gasteiger partial charge in [0.05, 0.1) is 29.2 Å². The Morgan fingerprint density at radius 1 is 1.35 bits per heavy atom.